The summed E-state index contributed by atoms with van der Waals surface area (Å²) in [6, 6.07) is 6.26. The van der Waals surface area contributed by atoms with E-state index >= 15 is 0 Å². The maximum absolute atomic E-state index is 12.9. The van der Waals surface area contributed by atoms with Gasteiger partial charge in [-0.25, -0.2) is 9.37 Å². The zero-order chi connectivity index (χ0) is 13.1. The van der Waals surface area contributed by atoms with E-state index < -0.39 is 17.7 Å². The number of pyridine rings is 1. The van der Waals surface area contributed by atoms with Crippen LogP contribution in [0, 0.1) is 11.8 Å². The Balaban J connectivity index is 2.21. The summed E-state index contributed by atoms with van der Waals surface area (Å²) in [7, 11) is 0. The lowest BCUT2D eigenvalue weighted by atomic mass is 10.2. The lowest BCUT2D eigenvalue weighted by molar-refractivity contribution is 0.102. The first-order chi connectivity index (χ1) is 8.56. The Morgan fingerprint density at radius 3 is 2.67 bits per heavy atom. The van der Waals surface area contributed by atoms with Gasteiger partial charge >= 0.3 is 0 Å². The molecule has 1 heterocycles. The molecule has 0 aliphatic heterocycles. The minimum absolute atomic E-state index is 0.138. The van der Waals surface area contributed by atoms with Crippen LogP contribution in [-0.2, 0) is 0 Å². The summed E-state index contributed by atoms with van der Waals surface area (Å²) in [5, 5.41) is 2.53. The molecule has 2 aromatic rings. The molecule has 18 heavy (non-hydrogen) atoms. The van der Waals surface area contributed by atoms with Crippen LogP contribution in [0.15, 0.2) is 41.0 Å². The standard InChI is InChI=1S/C12H7BrF2N2O/c13-9-6-8(14)1-2-10(9)17-12(18)7-3-4-16-11(15)5-7/h1-6H,(H,17,18). The topological polar surface area (TPSA) is 42.0 Å². The third-order valence-electron chi connectivity index (χ3n) is 2.17. The van der Waals surface area contributed by atoms with Crippen molar-refractivity contribution in [1.29, 1.82) is 0 Å². The van der Waals surface area contributed by atoms with Crippen LogP contribution >= 0.6 is 15.9 Å². The van der Waals surface area contributed by atoms with Crippen LogP contribution in [0.25, 0.3) is 0 Å². The molecule has 0 bridgehead atoms. The molecule has 6 heteroatoms. The van der Waals surface area contributed by atoms with E-state index in [1.54, 1.807) is 0 Å². The predicted octanol–water partition coefficient (Wildman–Crippen LogP) is 3.37. The van der Waals surface area contributed by atoms with Crippen molar-refractivity contribution in [3.05, 3.63) is 58.3 Å². The molecule has 0 aliphatic rings. The second-order valence-electron chi connectivity index (χ2n) is 3.45. The van der Waals surface area contributed by atoms with Crippen molar-refractivity contribution < 1.29 is 13.6 Å². The molecular weight excluding hydrogens is 306 g/mol. The predicted molar refractivity (Wildman–Crippen MR) is 66.2 cm³/mol. The molecule has 1 amide bonds. The number of nitrogens with one attached hydrogen (secondary N) is 1. The number of carbonyl (C=O) groups is 1. The van der Waals surface area contributed by atoms with Gasteiger partial charge in [-0.2, -0.15) is 4.39 Å². The summed E-state index contributed by atoms with van der Waals surface area (Å²) >= 11 is 3.12. The first-order valence-electron chi connectivity index (χ1n) is 4.94. The summed E-state index contributed by atoms with van der Waals surface area (Å²) in [4.78, 5) is 15.1. The molecule has 0 fully saturated rings. The van der Waals surface area contributed by atoms with E-state index in [0.29, 0.717) is 10.2 Å². The molecule has 1 N–H and O–H groups in total. The zero-order valence-electron chi connectivity index (χ0n) is 8.95. The third kappa shape index (κ3) is 2.89. The summed E-state index contributed by atoms with van der Waals surface area (Å²) in [6.07, 6.45) is 1.20. The average Bonchev–Trinajstić information content (AvgIpc) is 2.32. The minimum atomic E-state index is -0.735. The van der Waals surface area contributed by atoms with Gasteiger partial charge in [0.1, 0.15) is 5.82 Å². The largest absolute Gasteiger partial charge is 0.321 e. The molecule has 2 rings (SSSR count). The Morgan fingerprint density at radius 1 is 1.22 bits per heavy atom. The first-order valence-corrected chi connectivity index (χ1v) is 5.73. The number of aromatic nitrogens is 1. The maximum atomic E-state index is 12.9. The molecular formula is C12H7BrF2N2O. The molecule has 0 saturated carbocycles. The monoisotopic (exact) mass is 312 g/mol. The fourth-order valence-corrected chi connectivity index (χ4v) is 1.78. The number of nitrogens with zero attached hydrogens (tertiary/aromatic N) is 1. The Bertz CT molecular complexity index is 604. The number of hydrogen-bond donors (Lipinski definition) is 1. The average molecular weight is 313 g/mol. The van der Waals surface area contributed by atoms with E-state index in [4.69, 9.17) is 0 Å². The van der Waals surface area contributed by atoms with Gasteiger partial charge in [-0.1, -0.05) is 0 Å². The summed E-state index contributed by atoms with van der Waals surface area (Å²) in [6.45, 7) is 0. The summed E-state index contributed by atoms with van der Waals surface area (Å²) in [5.41, 5.74) is 0.539. The first kappa shape index (κ1) is 12.6. The van der Waals surface area contributed by atoms with E-state index in [1.807, 2.05) is 0 Å². The van der Waals surface area contributed by atoms with Gasteiger partial charge in [0.25, 0.3) is 5.91 Å². The van der Waals surface area contributed by atoms with E-state index in [2.05, 4.69) is 26.2 Å². The van der Waals surface area contributed by atoms with Crippen LogP contribution in [0.2, 0.25) is 0 Å². The smallest absolute Gasteiger partial charge is 0.255 e. The van der Waals surface area contributed by atoms with E-state index in [9.17, 15) is 13.6 Å². The highest BCUT2D eigenvalue weighted by atomic mass is 79.9. The molecule has 1 aromatic heterocycles. The van der Waals surface area contributed by atoms with Gasteiger partial charge in [0.15, 0.2) is 0 Å². The van der Waals surface area contributed by atoms with E-state index in [1.165, 1.54) is 30.5 Å². The van der Waals surface area contributed by atoms with Crippen LogP contribution in [0.1, 0.15) is 10.4 Å². The quantitative estimate of drug-likeness (QED) is 0.864. The van der Waals surface area contributed by atoms with Gasteiger partial charge in [0.05, 0.1) is 5.69 Å². The van der Waals surface area contributed by atoms with Crippen LogP contribution in [0.5, 0.6) is 0 Å². The fraction of sp³-hybridized carbons (Fsp3) is 0. The third-order valence-corrected chi connectivity index (χ3v) is 2.82. The Kier molecular flexibility index (Phi) is 3.66. The van der Waals surface area contributed by atoms with Crippen LogP contribution < -0.4 is 5.32 Å². The van der Waals surface area contributed by atoms with Gasteiger partial charge < -0.3 is 5.32 Å². The highest BCUT2D eigenvalue weighted by Gasteiger charge is 2.09. The Morgan fingerprint density at radius 2 is 2.00 bits per heavy atom. The van der Waals surface area contributed by atoms with Crippen LogP contribution in [0.4, 0.5) is 14.5 Å². The Hall–Kier alpha value is -1.82. The normalized spacial score (nSPS) is 10.2. The lowest BCUT2D eigenvalue weighted by Gasteiger charge is -2.07. The van der Waals surface area contributed by atoms with Crippen LogP contribution in [0.3, 0.4) is 0 Å². The van der Waals surface area contributed by atoms with Gasteiger partial charge in [0, 0.05) is 22.3 Å². The second-order valence-corrected chi connectivity index (χ2v) is 4.30. The van der Waals surface area contributed by atoms with Crippen molar-refractivity contribution in [1.82, 2.24) is 4.98 Å². The van der Waals surface area contributed by atoms with Crippen molar-refractivity contribution in [3.63, 3.8) is 0 Å². The number of benzene rings is 1. The zero-order valence-corrected chi connectivity index (χ0v) is 10.5. The molecule has 3 nitrogen and oxygen atoms in total. The van der Waals surface area contributed by atoms with Gasteiger partial charge in [-0.3, -0.25) is 4.79 Å². The summed E-state index contributed by atoms with van der Waals surface area (Å²) < 4.78 is 26.1. The highest BCUT2D eigenvalue weighted by molar-refractivity contribution is 9.10. The van der Waals surface area contributed by atoms with E-state index in [0.717, 1.165) is 6.07 Å². The maximum Gasteiger partial charge on any atom is 0.255 e. The SMILES string of the molecule is O=C(Nc1ccc(F)cc1Br)c1ccnc(F)c1. The summed E-state index contributed by atoms with van der Waals surface area (Å²) in [5.74, 6) is -1.65. The fourth-order valence-electron chi connectivity index (χ4n) is 1.33. The number of amides is 1. The van der Waals surface area contributed by atoms with Crippen molar-refractivity contribution in [3.8, 4) is 0 Å². The number of carbonyl (C=O) groups excluding carboxylic acids is 1. The van der Waals surface area contributed by atoms with E-state index in [-0.39, 0.29) is 5.56 Å². The number of anilines is 1. The van der Waals surface area contributed by atoms with Crippen molar-refractivity contribution >= 4 is 27.5 Å². The molecule has 0 spiro atoms. The van der Waals surface area contributed by atoms with Gasteiger partial charge in [-0.05, 0) is 40.2 Å². The number of rotatable bonds is 2. The lowest BCUT2D eigenvalue weighted by Crippen LogP contribution is -2.12. The van der Waals surface area contributed by atoms with Crippen LogP contribution in [-0.4, -0.2) is 10.9 Å². The molecule has 92 valence electrons. The highest BCUT2D eigenvalue weighted by Crippen LogP contribution is 2.23. The number of hydrogen-bond acceptors (Lipinski definition) is 2. The minimum Gasteiger partial charge on any atom is -0.321 e. The molecule has 0 aliphatic carbocycles. The van der Waals surface area contributed by atoms with Crippen molar-refractivity contribution in [2.24, 2.45) is 0 Å². The molecule has 1 aromatic carbocycles. The van der Waals surface area contributed by atoms with Gasteiger partial charge in [0.2, 0.25) is 5.95 Å². The Labute approximate surface area is 110 Å². The van der Waals surface area contributed by atoms with Crippen molar-refractivity contribution in [2.45, 2.75) is 0 Å². The molecule has 0 saturated heterocycles. The van der Waals surface area contributed by atoms with Gasteiger partial charge in [-0.15, -0.1) is 0 Å². The molecule has 0 atom stereocenters. The number of halogens is 3. The second kappa shape index (κ2) is 5.22. The molecule has 0 radical (unpaired) electrons. The molecule has 0 unspecified atom stereocenters. The van der Waals surface area contributed by atoms with Crippen molar-refractivity contribution in [2.75, 3.05) is 5.32 Å².